The summed E-state index contributed by atoms with van der Waals surface area (Å²) in [7, 11) is 0. The Labute approximate surface area is 72.0 Å². The van der Waals surface area contributed by atoms with Gasteiger partial charge >= 0.3 is 0 Å². The number of nitrogens with one attached hydrogen (secondary N) is 1. The van der Waals surface area contributed by atoms with Gasteiger partial charge in [0.2, 0.25) is 0 Å². The van der Waals surface area contributed by atoms with Crippen LogP contribution in [0.5, 0.6) is 0 Å². The molecule has 1 rings (SSSR count). The largest absolute Gasteiger partial charge is 0.367 e. The lowest BCUT2D eigenvalue weighted by atomic mass is 9.97. The first-order valence-corrected chi connectivity index (χ1v) is 3.94. The van der Waals surface area contributed by atoms with Crippen molar-refractivity contribution in [2.75, 3.05) is 0 Å². The summed E-state index contributed by atoms with van der Waals surface area (Å²) in [4.78, 5) is 14.3. The van der Waals surface area contributed by atoms with Crippen LogP contribution >= 0.6 is 0 Å². The quantitative estimate of drug-likeness (QED) is 0.665. The Hall–Kier alpha value is -1.09. The predicted molar refractivity (Wildman–Crippen MR) is 48.0 cm³/mol. The van der Waals surface area contributed by atoms with Crippen molar-refractivity contribution in [2.24, 2.45) is 5.73 Å². The summed E-state index contributed by atoms with van der Waals surface area (Å²) in [5.41, 5.74) is 5.99. The second-order valence-corrected chi connectivity index (χ2v) is 3.69. The van der Waals surface area contributed by atoms with Crippen LogP contribution < -0.4 is 5.73 Å². The van der Waals surface area contributed by atoms with Crippen molar-refractivity contribution < 1.29 is 4.79 Å². The molecule has 12 heavy (non-hydrogen) atoms. The highest BCUT2D eigenvalue weighted by Gasteiger charge is 2.17. The van der Waals surface area contributed by atoms with Crippen molar-refractivity contribution in [3.63, 3.8) is 0 Å². The summed E-state index contributed by atoms with van der Waals surface area (Å²) in [6.07, 6.45) is 3.80. The number of Topliss-reactive ketones (excluding diaryl/α,β-unsaturated/α-hetero) is 1. The monoisotopic (exact) mass is 166 g/mol. The molecule has 0 amide bonds. The van der Waals surface area contributed by atoms with Gasteiger partial charge in [0.1, 0.15) is 0 Å². The van der Waals surface area contributed by atoms with Crippen LogP contribution in [-0.4, -0.2) is 16.3 Å². The van der Waals surface area contributed by atoms with Crippen LogP contribution in [0.25, 0.3) is 0 Å². The van der Waals surface area contributed by atoms with Gasteiger partial charge < -0.3 is 10.7 Å². The van der Waals surface area contributed by atoms with Crippen LogP contribution in [0, 0.1) is 0 Å². The fourth-order valence-corrected chi connectivity index (χ4v) is 1.01. The molecule has 0 aromatic carbocycles. The molecule has 0 saturated carbocycles. The molecule has 0 aliphatic carbocycles. The third kappa shape index (κ3) is 2.51. The van der Waals surface area contributed by atoms with Gasteiger partial charge in [0, 0.05) is 29.9 Å². The average Bonchev–Trinajstić information content (AvgIpc) is 2.32. The zero-order chi connectivity index (χ0) is 9.19. The molecule has 1 aromatic heterocycles. The summed E-state index contributed by atoms with van der Waals surface area (Å²) in [6, 6.07) is 1.76. The van der Waals surface area contributed by atoms with Crippen molar-refractivity contribution in [3.05, 3.63) is 24.0 Å². The van der Waals surface area contributed by atoms with Crippen molar-refractivity contribution in [1.82, 2.24) is 4.98 Å². The van der Waals surface area contributed by atoms with Gasteiger partial charge in [-0.05, 0) is 19.9 Å². The molecule has 0 atom stereocenters. The fraction of sp³-hybridized carbons (Fsp3) is 0.444. The first kappa shape index (κ1) is 9.00. The molecular weight excluding hydrogens is 152 g/mol. The molecule has 0 spiro atoms. The minimum absolute atomic E-state index is 0.0868. The molecule has 0 saturated heterocycles. The first-order valence-electron chi connectivity index (χ1n) is 3.94. The minimum Gasteiger partial charge on any atom is -0.367 e. The number of hydrogen-bond acceptors (Lipinski definition) is 2. The Morgan fingerprint density at radius 2 is 2.33 bits per heavy atom. The Morgan fingerprint density at radius 3 is 2.75 bits per heavy atom. The van der Waals surface area contributed by atoms with Gasteiger partial charge in [0.15, 0.2) is 5.78 Å². The smallest absolute Gasteiger partial charge is 0.166 e. The molecule has 1 heterocycles. The number of nitrogens with two attached hydrogens (primary N) is 1. The molecule has 3 heteroatoms. The molecule has 0 aliphatic rings. The molecule has 66 valence electrons. The van der Waals surface area contributed by atoms with E-state index < -0.39 is 5.54 Å². The van der Waals surface area contributed by atoms with Gasteiger partial charge in [-0.1, -0.05) is 0 Å². The lowest BCUT2D eigenvalue weighted by molar-refractivity contribution is 0.0960. The number of aromatic nitrogens is 1. The van der Waals surface area contributed by atoms with E-state index in [-0.39, 0.29) is 5.78 Å². The molecule has 3 nitrogen and oxygen atoms in total. The number of carbonyl (C=O) groups is 1. The molecule has 0 fully saturated rings. The first-order chi connectivity index (χ1) is 5.49. The van der Waals surface area contributed by atoms with Crippen molar-refractivity contribution >= 4 is 5.78 Å². The summed E-state index contributed by atoms with van der Waals surface area (Å²) >= 11 is 0. The zero-order valence-electron chi connectivity index (χ0n) is 7.42. The second-order valence-electron chi connectivity index (χ2n) is 3.69. The van der Waals surface area contributed by atoms with Crippen molar-refractivity contribution in [1.29, 1.82) is 0 Å². The normalized spacial score (nSPS) is 11.6. The minimum atomic E-state index is -0.422. The number of aromatic amines is 1. The highest BCUT2D eigenvalue weighted by atomic mass is 16.1. The number of H-pyrrole nitrogens is 1. The maximum absolute atomic E-state index is 11.4. The third-order valence-corrected chi connectivity index (χ3v) is 1.54. The topological polar surface area (TPSA) is 58.9 Å². The maximum atomic E-state index is 11.4. The number of carbonyl (C=O) groups excluding carboxylic acids is 1. The average molecular weight is 166 g/mol. The van der Waals surface area contributed by atoms with E-state index >= 15 is 0 Å². The number of rotatable bonds is 3. The van der Waals surface area contributed by atoms with Crippen LogP contribution in [0.2, 0.25) is 0 Å². The van der Waals surface area contributed by atoms with Crippen LogP contribution in [0.3, 0.4) is 0 Å². The van der Waals surface area contributed by atoms with E-state index in [9.17, 15) is 4.79 Å². The highest BCUT2D eigenvalue weighted by Crippen LogP contribution is 2.09. The fourth-order valence-electron chi connectivity index (χ4n) is 1.01. The lowest BCUT2D eigenvalue weighted by Gasteiger charge is -2.16. The van der Waals surface area contributed by atoms with E-state index in [4.69, 9.17) is 5.73 Å². The van der Waals surface area contributed by atoms with Crippen molar-refractivity contribution in [2.45, 2.75) is 25.8 Å². The zero-order valence-corrected chi connectivity index (χ0v) is 7.42. The maximum Gasteiger partial charge on any atom is 0.166 e. The standard InChI is InChI=1S/C9H14N2O/c1-9(2,10)5-8(12)7-3-4-11-6-7/h3-4,6,11H,5,10H2,1-2H3. The van der Waals surface area contributed by atoms with Crippen molar-refractivity contribution in [3.8, 4) is 0 Å². The Bertz CT molecular complexity index is 257. The summed E-state index contributed by atoms with van der Waals surface area (Å²) < 4.78 is 0. The number of hydrogen-bond donors (Lipinski definition) is 2. The highest BCUT2D eigenvalue weighted by molar-refractivity contribution is 5.96. The van der Waals surface area contributed by atoms with E-state index in [1.54, 1.807) is 18.5 Å². The SMILES string of the molecule is CC(C)(N)CC(=O)c1cc[nH]c1. The molecular formula is C9H14N2O. The molecule has 0 radical (unpaired) electrons. The van der Waals surface area contributed by atoms with Crippen LogP contribution in [-0.2, 0) is 0 Å². The van der Waals surface area contributed by atoms with Gasteiger partial charge in [-0.25, -0.2) is 0 Å². The van der Waals surface area contributed by atoms with E-state index in [2.05, 4.69) is 4.98 Å². The third-order valence-electron chi connectivity index (χ3n) is 1.54. The summed E-state index contributed by atoms with van der Waals surface area (Å²) in [5.74, 6) is 0.0868. The molecule has 3 N–H and O–H groups in total. The van der Waals surface area contributed by atoms with Crippen LogP contribution in [0.4, 0.5) is 0 Å². The van der Waals surface area contributed by atoms with E-state index in [1.807, 2.05) is 13.8 Å². The summed E-state index contributed by atoms with van der Waals surface area (Å²) in [6.45, 7) is 3.69. The van der Waals surface area contributed by atoms with E-state index in [0.29, 0.717) is 12.0 Å². The van der Waals surface area contributed by atoms with E-state index in [1.165, 1.54) is 0 Å². The predicted octanol–water partition coefficient (Wildman–Crippen LogP) is 1.32. The van der Waals surface area contributed by atoms with Gasteiger partial charge in [-0.15, -0.1) is 0 Å². The molecule has 0 unspecified atom stereocenters. The number of ketones is 1. The van der Waals surface area contributed by atoms with Gasteiger partial charge in [0.05, 0.1) is 0 Å². The second kappa shape index (κ2) is 3.11. The molecule has 1 aromatic rings. The van der Waals surface area contributed by atoms with Gasteiger partial charge in [-0.2, -0.15) is 0 Å². The van der Waals surface area contributed by atoms with Gasteiger partial charge in [0.25, 0.3) is 0 Å². The molecule has 0 aliphatic heterocycles. The van der Waals surface area contributed by atoms with E-state index in [0.717, 1.165) is 0 Å². The van der Waals surface area contributed by atoms with Crippen LogP contribution in [0.1, 0.15) is 30.6 Å². The lowest BCUT2D eigenvalue weighted by Crippen LogP contribution is -2.34. The Morgan fingerprint density at radius 1 is 1.67 bits per heavy atom. The van der Waals surface area contributed by atoms with Gasteiger partial charge in [-0.3, -0.25) is 4.79 Å². The Kier molecular flexibility index (Phi) is 2.33. The summed E-state index contributed by atoms with van der Waals surface area (Å²) in [5, 5.41) is 0. The Balaban J connectivity index is 2.63. The van der Waals surface area contributed by atoms with Crippen LogP contribution in [0.15, 0.2) is 18.5 Å². The molecule has 0 bridgehead atoms.